The van der Waals surface area contributed by atoms with Crippen molar-refractivity contribution >= 4 is 33.4 Å². The predicted molar refractivity (Wildman–Crippen MR) is 114 cm³/mol. The van der Waals surface area contributed by atoms with Gasteiger partial charge in [0.2, 0.25) is 0 Å². The summed E-state index contributed by atoms with van der Waals surface area (Å²) in [5, 5.41) is 18.6. The van der Waals surface area contributed by atoms with E-state index in [-0.39, 0.29) is 0 Å². The topological polar surface area (TPSA) is 124 Å². The summed E-state index contributed by atoms with van der Waals surface area (Å²) in [6, 6.07) is 15.6. The molecule has 4 N–H and O–H groups in total. The van der Waals surface area contributed by atoms with E-state index in [2.05, 4.69) is 45.6 Å². The molecule has 6 aromatic rings. The van der Waals surface area contributed by atoms with Crippen LogP contribution in [0.3, 0.4) is 0 Å². The van der Waals surface area contributed by atoms with E-state index in [9.17, 15) is 0 Å². The van der Waals surface area contributed by atoms with Crippen LogP contribution in [0.2, 0.25) is 0 Å². The molecule has 0 saturated carbocycles. The summed E-state index contributed by atoms with van der Waals surface area (Å²) in [5.74, 6) is 1.97. The second-order valence-corrected chi connectivity index (χ2v) is 6.79. The molecule has 0 spiro atoms. The Morgan fingerprint density at radius 2 is 1.70 bits per heavy atom. The fraction of sp³-hybridized carbons (Fsp3) is 0. The summed E-state index contributed by atoms with van der Waals surface area (Å²) in [4.78, 5) is 17.1. The van der Waals surface area contributed by atoms with E-state index >= 15 is 0 Å². The van der Waals surface area contributed by atoms with Gasteiger partial charge in [0.1, 0.15) is 11.5 Å². The molecule has 0 aliphatic carbocycles. The molecule has 144 valence electrons. The second kappa shape index (κ2) is 6.52. The van der Waals surface area contributed by atoms with Crippen LogP contribution >= 0.6 is 0 Å². The van der Waals surface area contributed by atoms with Crippen molar-refractivity contribution in [2.45, 2.75) is 0 Å². The first-order valence-electron chi connectivity index (χ1n) is 9.36. The van der Waals surface area contributed by atoms with Crippen LogP contribution in [0.4, 0.5) is 11.5 Å². The Morgan fingerprint density at radius 1 is 0.800 bits per heavy atom. The van der Waals surface area contributed by atoms with Crippen LogP contribution in [-0.4, -0.2) is 40.3 Å². The zero-order chi connectivity index (χ0) is 19.9. The minimum atomic E-state index is 0.612. The summed E-state index contributed by atoms with van der Waals surface area (Å²) >= 11 is 0. The third kappa shape index (κ3) is 2.68. The van der Waals surface area contributed by atoms with Crippen LogP contribution in [0.25, 0.3) is 44.8 Å². The number of hydrogen-bond acceptors (Lipinski definition) is 6. The molecule has 4 heterocycles. The van der Waals surface area contributed by atoms with Crippen LogP contribution < -0.4 is 5.32 Å². The summed E-state index contributed by atoms with van der Waals surface area (Å²) in [6.45, 7) is 0. The van der Waals surface area contributed by atoms with Crippen molar-refractivity contribution in [1.82, 2.24) is 40.3 Å². The van der Waals surface area contributed by atoms with Crippen molar-refractivity contribution < 1.29 is 0 Å². The number of imidazole rings is 1. The maximum Gasteiger partial charge on any atom is 0.162 e. The minimum absolute atomic E-state index is 0.612. The van der Waals surface area contributed by atoms with Gasteiger partial charge in [-0.1, -0.05) is 24.3 Å². The lowest BCUT2D eigenvalue weighted by Gasteiger charge is -2.07. The van der Waals surface area contributed by atoms with Gasteiger partial charge in [0.25, 0.3) is 0 Å². The molecule has 0 aliphatic heterocycles. The lowest BCUT2D eigenvalue weighted by Crippen LogP contribution is -1.98. The Kier molecular flexibility index (Phi) is 3.57. The van der Waals surface area contributed by atoms with E-state index < -0.39 is 0 Å². The molecule has 0 amide bonds. The van der Waals surface area contributed by atoms with Gasteiger partial charge in [-0.25, -0.2) is 15.0 Å². The molecule has 30 heavy (non-hydrogen) atoms. The van der Waals surface area contributed by atoms with Crippen LogP contribution in [-0.2, 0) is 0 Å². The van der Waals surface area contributed by atoms with Crippen molar-refractivity contribution in [1.29, 1.82) is 0 Å². The monoisotopic (exact) mass is 393 g/mol. The molecule has 0 fully saturated rings. The smallest absolute Gasteiger partial charge is 0.162 e. The first-order valence-corrected chi connectivity index (χ1v) is 9.36. The zero-order valence-electron chi connectivity index (χ0n) is 15.6. The maximum atomic E-state index is 4.69. The van der Waals surface area contributed by atoms with Crippen molar-refractivity contribution in [3.8, 4) is 22.9 Å². The van der Waals surface area contributed by atoms with Gasteiger partial charge in [-0.2, -0.15) is 10.2 Å². The van der Waals surface area contributed by atoms with E-state index in [0.717, 1.165) is 38.9 Å². The Labute approximate surface area is 169 Å². The first-order chi connectivity index (χ1) is 14.8. The van der Waals surface area contributed by atoms with Gasteiger partial charge in [0, 0.05) is 17.1 Å². The van der Waals surface area contributed by atoms with Gasteiger partial charge in [-0.3, -0.25) is 10.2 Å². The molecule has 0 saturated heterocycles. The summed E-state index contributed by atoms with van der Waals surface area (Å²) in [7, 11) is 0. The highest BCUT2D eigenvalue weighted by Crippen LogP contribution is 2.29. The third-order valence-corrected chi connectivity index (χ3v) is 4.91. The number of aromatic nitrogens is 8. The number of rotatable bonds is 4. The van der Waals surface area contributed by atoms with Crippen molar-refractivity contribution in [3.05, 3.63) is 67.1 Å². The Hall–Kier alpha value is -4.53. The molecular weight excluding hydrogens is 378 g/mol. The summed E-state index contributed by atoms with van der Waals surface area (Å²) in [6.07, 6.45) is 5.22. The van der Waals surface area contributed by atoms with E-state index in [4.69, 9.17) is 0 Å². The first kappa shape index (κ1) is 16.4. The van der Waals surface area contributed by atoms with Crippen LogP contribution in [0.15, 0.2) is 67.1 Å². The normalized spacial score (nSPS) is 11.3. The predicted octanol–water partition coefficient (Wildman–Crippen LogP) is 4.03. The molecule has 6 rings (SSSR count). The van der Waals surface area contributed by atoms with Crippen LogP contribution in [0, 0.1) is 0 Å². The van der Waals surface area contributed by atoms with E-state index in [0.29, 0.717) is 17.5 Å². The van der Waals surface area contributed by atoms with Crippen molar-refractivity contribution in [2.75, 3.05) is 5.32 Å². The lowest BCUT2D eigenvalue weighted by molar-refractivity contribution is 1.08. The Bertz CT molecular complexity index is 1460. The van der Waals surface area contributed by atoms with Crippen LogP contribution in [0.1, 0.15) is 0 Å². The molecule has 0 bridgehead atoms. The number of para-hydroxylation sites is 2. The van der Waals surface area contributed by atoms with E-state index in [1.807, 2.05) is 48.5 Å². The van der Waals surface area contributed by atoms with Gasteiger partial charge in [-0.15, -0.1) is 0 Å². The van der Waals surface area contributed by atoms with Gasteiger partial charge in [0.05, 0.1) is 34.6 Å². The van der Waals surface area contributed by atoms with Crippen LogP contribution in [0.5, 0.6) is 0 Å². The number of aromatic amines is 3. The number of hydrogen-bond donors (Lipinski definition) is 4. The maximum absolute atomic E-state index is 4.69. The van der Waals surface area contributed by atoms with Gasteiger partial charge in [0.15, 0.2) is 11.6 Å². The SMILES string of the molecule is c1ccc2[nH]c(-c3[nH]ncc3Nc3ccnc(-c4cccc5[nH]ncc45)n3)nc2c1. The number of anilines is 2. The molecule has 0 radical (unpaired) electrons. The highest BCUT2D eigenvalue weighted by molar-refractivity contribution is 5.92. The molecule has 4 aromatic heterocycles. The van der Waals surface area contributed by atoms with Crippen molar-refractivity contribution in [2.24, 2.45) is 0 Å². The molecule has 2 aromatic carbocycles. The van der Waals surface area contributed by atoms with Gasteiger partial charge < -0.3 is 10.3 Å². The Morgan fingerprint density at radius 3 is 2.67 bits per heavy atom. The molecule has 0 unspecified atom stereocenters. The second-order valence-electron chi connectivity index (χ2n) is 6.79. The summed E-state index contributed by atoms with van der Waals surface area (Å²) in [5.41, 5.74) is 5.23. The molecule has 0 atom stereocenters. The largest absolute Gasteiger partial charge is 0.337 e. The van der Waals surface area contributed by atoms with Gasteiger partial charge >= 0.3 is 0 Å². The fourth-order valence-corrected chi connectivity index (χ4v) is 3.49. The zero-order valence-corrected chi connectivity index (χ0v) is 15.6. The average molecular weight is 393 g/mol. The van der Waals surface area contributed by atoms with Crippen molar-refractivity contribution in [3.63, 3.8) is 0 Å². The number of nitrogens with one attached hydrogen (secondary N) is 4. The number of H-pyrrole nitrogens is 3. The van der Waals surface area contributed by atoms with Gasteiger partial charge in [-0.05, 0) is 24.3 Å². The van der Waals surface area contributed by atoms with E-state index in [1.165, 1.54) is 0 Å². The lowest BCUT2D eigenvalue weighted by atomic mass is 10.1. The standard InChI is InChI=1S/C21H15N9/c1-2-6-16-15(5-1)26-21(27-16)19-17(11-24-30-19)25-18-8-9-22-20(28-18)12-4-3-7-14-13(12)10-23-29-14/h1-11H,(H,23,29)(H,24,30)(H,26,27)(H,22,25,28). The molecule has 0 aliphatic rings. The molecule has 9 nitrogen and oxygen atoms in total. The van der Waals surface area contributed by atoms with E-state index in [1.54, 1.807) is 18.6 Å². The highest BCUT2D eigenvalue weighted by atomic mass is 15.2. The fourth-order valence-electron chi connectivity index (χ4n) is 3.49. The number of benzene rings is 2. The average Bonchev–Trinajstić information content (AvgIpc) is 3.52. The minimum Gasteiger partial charge on any atom is -0.337 e. The number of fused-ring (bicyclic) bond motifs is 2. The molecular formula is C21H15N9. The number of nitrogens with zero attached hydrogens (tertiary/aromatic N) is 5. The Balaban J connectivity index is 1.37. The third-order valence-electron chi connectivity index (χ3n) is 4.91. The molecule has 9 heteroatoms. The highest BCUT2D eigenvalue weighted by Gasteiger charge is 2.14. The quantitative estimate of drug-likeness (QED) is 0.358. The summed E-state index contributed by atoms with van der Waals surface area (Å²) < 4.78 is 0.